The van der Waals surface area contributed by atoms with E-state index < -0.39 is 24.3 Å². The second kappa shape index (κ2) is 16.8. The van der Waals surface area contributed by atoms with Crippen LogP contribution in [-0.4, -0.2) is 103 Å². The Bertz CT molecular complexity index is 2230. The minimum Gasteiger partial charge on any atom is -0.453 e. The van der Waals surface area contributed by atoms with E-state index in [0.717, 1.165) is 64.8 Å². The van der Waals surface area contributed by atoms with E-state index in [4.69, 9.17) is 29.4 Å². The summed E-state index contributed by atoms with van der Waals surface area (Å²) in [7, 11) is 2.56. The highest BCUT2D eigenvalue weighted by Gasteiger charge is 2.38. The number of imidazole rings is 2. The molecule has 4 amide bonds. The van der Waals surface area contributed by atoms with Crippen LogP contribution in [0.2, 0.25) is 0 Å². The number of ether oxygens (including phenoxy) is 2. The van der Waals surface area contributed by atoms with Gasteiger partial charge in [-0.3, -0.25) is 19.6 Å². The quantitative estimate of drug-likeness (QED) is 0.125. The van der Waals surface area contributed by atoms with E-state index in [0.29, 0.717) is 36.9 Å². The van der Waals surface area contributed by atoms with Crippen molar-refractivity contribution >= 4 is 35.0 Å². The van der Waals surface area contributed by atoms with Crippen LogP contribution in [0.5, 0.6) is 0 Å². The number of nitrogens with zero attached hydrogens (tertiary/aromatic N) is 6. The number of aromatic nitrogens is 6. The van der Waals surface area contributed by atoms with Gasteiger partial charge in [-0.05, 0) is 50.2 Å². The summed E-state index contributed by atoms with van der Waals surface area (Å²) in [6.07, 6.45) is 7.74. The summed E-state index contributed by atoms with van der Waals surface area (Å²) in [6.45, 7) is 6.81. The van der Waals surface area contributed by atoms with Crippen LogP contribution in [0, 0.1) is 5.92 Å². The van der Waals surface area contributed by atoms with Gasteiger partial charge in [0.25, 0.3) is 0 Å². The molecule has 57 heavy (non-hydrogen) atoms. The van der Waals surface area contributed by atoms with Gasteiger partial charge in [-0.1, -0.05) is 51.1 Å². The Kier molecular flexibility index (Phi) is 11.5. The second-order valence-electron chi connectivity index (χ2n) is 14.7. The molecule has 4 atom stereocenters. The van der Waals surface area contributed by atoms with Crippen LogP contribution < -0.4 is 10.6 Å². The Labute approximate surface area is 330 Å². The van der Waals surface area contributed by atoms with Crippen molar-refractivity contribution in [3.8, 4) is 33.8 Å². The van der Waals surface area contributed by atoms with Gasteiger partial charge in [-0.15, -0.1) is 0 Å². The van der Waals surface area contributed by atoms with E-state index in [1.165, 1.54) is 14.2 Å². The number of benzene rings is 2. The zero-order valence-corrected chi connectivity index (χ0v) is 32.7. The van der Waals surface area contributed by atoms with Crippen molar-refractivity contribution in [2.75, 3.05) is 27.3 Å². The van der Waals surface area contributed by atoms with E-state index in [1.54, 1.807) is 22.2 Å². The number of hydrogen-bond donors (Lipinski definition) is 4. The van der Waals surface area contributed by atoms with Gasteiger partial charge in [-0.25, -0.2) is 19.6 Å². The standard InChI is InChI=1S/C41H48N10O6/c1-6-27(48-40(54)56-4)38(52)50-17-7-9-33(50)36-44-22-32(47-36)25-13-11-24(12-14-25)30-20-43-31(21-42-30)26-15-16-28-29(19-26)46-37(45-28)34-10-8-18-51(34)39(53)35(23(2)3)49-41(55)57-5/h11-16,19-23,27,33-35H,6-10,17-18H2,1-5H3,(H,44,47)(H,45,46)(H,48,54)(H,49,55)/t27-,33-,34-,35-/m0/s1. The Morgan fingerprint density at radius 1 is 0.772 bits per heavy atom. The summed E-state index contributed by atoms with van der Waals surface area (Å²) in [5.41, 5.74) is 6.45. The number of aromatic amines is 2. The lowest BCUT2D eigenvalue weighted by Gasteiger charge is -2.29. The van der Waals surface area contributed by atoms with Crippen molar-refractivity contribution < 1.29 is 28.7 Å². The first-order valence-electron chi connectivity index (χ1n) is 19.4. The van der Waals surface area contributed by atoms with Crippen molar-refractivity contribution in [3.05, 3.63) is 72.7 Å². The first-order valence-corrected chi connectivity index (χ1v) is 19.4. The molecule has 4 N–H and O–H groups in total. The normalized spacial score (nSPS) is 17.8. The zero-order chi connectivity index (χ0) is 40.2. The lowest BCUT2D eigenvalue weighted by atomic mass is 10.0. The molecular weight excluding hydrogens is 729 g/mol. The molecular formula is C41H48N10O6. The smallest absolute Gasteiger partial charge is 0.407 e. The fourth-order valence-corrected chi connectivity index (χ4v) is 7.68. The number of carbonyl (C=O) groups excluding carboxylic acids is 4. The molecule has 0 radical (unpaired) electrons. The third-order valence-electron chi connectivity index (χ3n) is 10.8. The number of rotatable bonds is 11. The van der Waals surface area contributed by atoms with Gasteiger partial charge in [0.15, 0.2) is 0 Å². The fraction of sp³-hybridized carbons (Fsp3) is 0.415. The molecule has 2 saturated heterocycles. The Morgan fingerprint density at radius 3 is 1.96 bits per heavy atom. The van der Waals surface area contributed by atoms with Gasteiger partial charge >= 0.3 is 12.2 Å². The molecule has 16 heteroatoms. The van der Waals surface area contributed by atoms with Crippen LogP contribution in [0.4, 0.5) is 9.59 Å². The SMILES string of the molecule is CC[C@H](NC(=O)OC)C(=O)N1CCC[C@H]1c1nc(-c2ccc(-c3cnc(-c4ccc5[nH]c([C@@H]6CCCN6C(=O)[C@@H](NC(=O)OC)C(C)C)nc5c4)cn3)cc2)c[nH]1. The summed E-state index contributed by atoms with van der Waals surface area (Å²) in [4.78, 5) is 80.2. The van der Waals surface area contributed by atoms with E-state index in [9.17, 15) is 19.2 Å². The maximum absolute atomic E-state index is 13.6. The van der Waals surface area contributed by atoms with E-state index in [-0.39, 0.29) is 29.8 Å². The highest BCUT2D eigenvalue weighted by atomic mass is 16.5. The molecule has 16 nitrogen and oxygen atoms in total. The van der Waals surface area contributed by atoms with Crippen molar-refractivity contribution in [3.63, 3.8) is 0 Å². The average molecular weight is 777 g/mol. The topological polar surface area (TPSA) is 200 Å². The summed E-state index contributed by atoms with van der Waals surface area (Å²) in [5.74, 6) is 0.991. The molecule has 5 heterocycles. The first kappa shape index (κ1) is 38.9. The summed E-state index contributed by atoms with van der Waals surface area (Å²) < 4.78 is 9.46. The largest absolute Gasteiger partial charge is 0.453 e. The van der Waals surface area contributed by atoms with Gasteiger partial charge in [0.05, 0.1) is 66.8 Å². The Morgan fingerprint density at radius 2 is 1.35 bits per heavy atom. The van der Waals surface area contributed by atoms with Crippen LogP contribution in [-0.2, 0) is 19.1 Å². The Balaban J connectivity index is 1.02. The molecule has 0 spiro atoms. The molecule has 2 fully saturated rings. The van der Waals surface area contributed by atoms with Gasteiger partial charge in [0, 0.05) is 36.0 Å². The molecule has 0 bridgehead atoms. The van der Waals surface area contributed by atoms with E-state index in [1.807, 2.05) is 69.4 Å². The number of hydrogen-bond acceptors (Lipinski definition) is 10. The van der Waals surface area contributed by atoms with E-state index in [2.05, 4.69) is 20.6 Å². The number of carbonyl (C=O) groups is 4. The Hall–Kier alpha value is -6.32. The van der Waals surface area contributed by atoms with Crippen molar-refractivity contribution in [1.29, 1.82) is 0 Å². The van der Waals surface area contributed by atoms with Crippen LogP contribution in [0.3, 0.4) is 0 Å². The first-order chi connectivity index (χ1) is 27.6. The van der Waals surface area contributed by atoms with Crippen LogP contribution >= 0.6 is 0 Å². The van der Waals surface area contributed by atoms with Crippen LogP contribution in [0.15, 0.2) is 61.1 Å². The number of alkyl carbamates (subject to hydrolysis) is 2. The summed E-state index contributed by atoms with van der Waals surface area (Å²) >= 11 is 0. The predicted octanol–water partition coefficient (Wildman–Crippen LogP) is 5.92. The zero-order valence-electron chi connectivity index (χ0n) is 32.7. The molecule has 2 aliphatic rings. The number of H-pyrrole nitrogens is 2. The molecule has 2 aromatic carbocycles. The number of nitrogens with one attached hydrogen (secondary N) is 4. The highest BCUT2D eigenvalue weighted by molar-refractivity contribution is 5.87. The molecule has 298 valence electrons. The number of fused-ring (bicyclic) bond motifs is 1. The van der Waals surface area contributed by atoms with Gasteiger partial charge < -0.3 is 39.9 Å². The lowest BCUT2D eigenvalue weighted by molar-refractivity contribution is -0.135. The summed E-state index contributed by atoms with van der Waals surface area (Å²) in [5, 5.41) is 5.33. The second-order valence-corrected chi connectivity index (χ2v) is 14.7. The fourth-order valence-electron chi connectivity index (χ4n) is 7.68. The van der Waals surface area contributed by atoms with Crippen molar-refractivity contribution in [2.24, 2.45) is 5.92 Å². The molecule has 0 aliphatic carbocycles. The molecule has 3 aromatic heterocycles. The number of amides is 4. The van der Waals surface area contributed by atoms with Gasteiger partial charge in [0.1, 0.15) is 23.7 Å². The molecule has 5 aromatic rings. The molecule has 0 saturated carbocycles. The molecule has 0 unspecified atom stereocenters. The highest BCUT2D eigenvalue weighted by Crippen LogP contribution is 2.35. The predicted molar refractivity (Wildman–Crippen MR) is 211 cm³/mol. The molecule has 7 rings (SSSR count). The lowest BCUT2D eigenvalue weighted by Crippen LogP contribution is -2.51. The van der Waals surface area contributed by atoms with Gasteiger partial charge in [-0.2, -0.15) is 0 Å². The summed E-state index contributed by atoms with van der Waals surface area (Å²) in [6, 6.07) is 12.0. The molecule has 2 aliphatic heterocycles. The van der Waals surface area contributed by atoms with Crippen molar-refractivity contribution in [2.45, 2.75) is 77.0 Å². The van der Waals surface area contributed by atoms with Crippen molar-refractivity contribution in [1.82, 2.24) is 50.3 Å². The van der Waals surface area contributed by atoms with Crippen LogP contribution in [0.1, 0.15) is 76.6 Å². The maximum atomic E-state index is 13.6. The third-order valence-corrected chi connectivity index (χ3v) is 10.8. The minimum absolute atomic E-state index is 0.118. The minimum atomic E-state index is -0.703. The third kappa shape index (κ3) is 8.16. The average Bonchev–Trinajstić information content (AvgIpc) is 4.07. The van der Waals surface area contributed by atoms with E-state index >= 15 is 0 Å². The monoisotopic (exact) mass is 776 g/mol. The maximum Gasteiger partial charge on any atom is 0.407 e. The number of methoxy groups -OCH3 is 2. The van der Waals surface area contributed by atoms with Crippen LogP contribution in [0.25, 0.3) is 44.8 Å². The van der Waals surface area contributed by atoms with Gasteiger partial charge in [0.2, 0.25) is 11.8 Å². The number of likely N-dealkylation sites (tertiary alicyclic amines) is 2.